The third-order valence-electron chi connectivity index (χ3n) is 4.95. The molecule has 1 N–H and O–H groups in total. The lowest BCUT2D eigenvalue weighted by atomic mass is 10.1. The maximum atomic E-state index is 13.7. The van der Waals surface area contributed by atoms with Gasteiger partial charge in [0.15, 0.2) is 0 Å². The minimum atomic E-state index is -0.948. The van der Waals surface area contributed by atoms with Gasteiger partial charge in [0.2, 0.25) is 5.91 Å². The predicted molar refractivity (Wildman–Crippen MR) is 120 cm³/mol. The molecule has 1 fully saturated rings. The topological polar surface area (TPSA) is 71.4 Å². The molecule has 1 aliphatic rings. The van der Waals surface area contributed by atoms with E-state index >= 15 is 0 Å². The van der Waals surface area contributed by atoms with Crippen LogP contribution < -0.4 is 5.32 Å². The Morgan fingerprint density at radius 3 is 2.69 bits per heavy atom. The minimum absolute atomic E-state index is 0.204. The molecule has 0 radical (unpaired) electrons. The SMILES string of the molecule is CCCn1cc(C=C2SC(=O)N(CC(=O)Nc3ccc(F)cc3F)C2=O)c2ccccc21. The van der Waals surface area contributed by atoms with Crippen molar-refractivity contribution in [2.75, 3.05) is 11.9 Å². The van der Waals surface area contributed by atoms with Gasteiger partial charge in [-0.2, -0.15) is 0 Å². The summed E-state index contributed by atoms with van der Waals surface area (Å²) in [6.45, 7) is 2.31. The molecule has 1 aromatic heterocycles. The molecule has 6 nitrogen and oxygen atoms in total. The van der Waals surface area contributed by atoms with E-state index in [1.165, 1.54) is 0 Å². The third kappa shape index (κ3) is 4.29. The van der Waals surface area contributed by atoms with E-state index in [0.717, 1.165) is 58.2 Å². The predicted octanol–water partition coefficient (Wildman–Crippen LogP) is 5.00. The van der Waals surface area contributed by atoms with Crippen molar-refractivity contribution in [2.45, 2.75) is 19.9 Å². The molecular formula is C23H19F2N3O3S. The first-order chi connectivity index (χ1) is 15.4. The summed E-state index contributed by atoms with van der Waals surface area (Å²) in [5, 5.41) is 2.62. The van der Waals surface area contributed by atoms with Gasteiger partial charge in [-0.1, -0.05) is 25.1 Å². The van der Waals surface area contributed by atoms with E-state index in [2.05, 4.69) is 16.8 Å². The zero-order valence-electron chi connectivity index (χ0n) is 17.1. The number of imide groups is 1. The van der Waals surface area contributed by atoms with E-state index in [1.54, 1.807) is 6.08 Å². The molecule has 3 amide bonds. The Kier molecular flexibility index (Phi) is 6.09. The normalized spacial score (nSPS) is 15.2. The number of aryl methyl sites for hydroxylation is 1. The molecule has 1 aliphatic heterocycles. The van der Waals surface area contributed by atoms with Gasteiger partial charge in [-0.15, -0.1) is 0 Å². The molecule has 32 heavy (non-hydrogen) atoms. The number of halogens is 2. The molecular weight excluding hydrogens is 436 g/mol. The Bertz CT molecular complexity index is 1270. The van der Waals surface area contributed by atoms with Crippen LogP contribution >= 0.6 is 11.8 Å². The minimum Gasteiger partial charge on any atom is -0.347 e. The van der Waals surface area contributed by atoms with Crippen LogP contribution in [0.5, 0.6) is 0 Å². The van der Waals surface area contributed by atoms with E-state index in [-0.39, 0.29) is 10.6 Å². The molecule has 9 heteroatoms. The highest BCUT2D eigenvalue weighted by molar-refractivity contribution is 8.18. The number of para-hydroxylation sites is 1. The summed E-state index contributed by atoms with van der Waals surface area (Å²) in [6, 6.07) is 10.5. The molecule has 0 bridgehead atoms. The van der Waals surface area contributed by atoms with E-state index in [1.807, 2.05) is 30.5 Å². The van der Waals surface area contributed by atoms with Crippen molar-refractivity contribution in [3.05, 3.63) is 70.8 Å². The summed E-state index contributed by atoms with van der Waals surface area (Å²) in [6.07, 6.45) is 4.53. The Balaban J connectivity index is 1.53. The second-order valence-corrected chi connectivity index (χ2v) is 8.23. The number of carbonyl (C=O) groups is 3. The van der Waals surface area contributed by atoms with Crippen LogP contribution in [-0.4, -0.2) is 33.1 Å². The smallest absolute Gasteiger partial charge is 0.294 e. The lowest BCUT2D eigenvalue weighted by Gasteiger charge is -2.12. The Hall–Kier alpha value is -3.46. The maximum Gasteiger partial charge on any atom is 0.294 e. The number of fused-ring (bicyclic) bond motifs is 1. The van der Waals surface area contributed by atoms with Crippen LogP contribution in [0.25, 0.3) is 17.0 Å². The molecule has 3 aromatic rings. The third-order valence-corrected chi connectivity index (χ3v) is 5.86. The highest BCUT2D eigenvalue weighted by atomic mass is 32.2. The number of thioether (sulfide) groups is 1. The monoisotopic (exact) mass is 455 g/mol. The average Bonchev–Trinajstić information content (AvgIpc) is 3.23. The van der Waals surface area contributed by atoms with Crippen molar-refractivity contribution < 1.29 is 23.2 Å². The number of nitrogens with zero attached hydrogens (tertiary/aromatic N) is 2. The standard InChI is InChI=1S/C23H19F2N3O3S/c1-2-9-27-12-14(16-5-3-4-6-19(16)27)10-20-22(30)28(23(31)32-20)13-21(29)26-18-8-7-15(24)11-17(18)25/h3-8,10-12H,2,9,13H2,1H3,(H,26,29). The number of carbonyl (C=O) groups excluding carboxylic acids is 3. The zero-order chi connectivity index (χ0) is 22.8. The van der Waals surface area contributed by atoms with Crippen molar-refractivity contribution in [1.29, 1.82) is 0 Å². The highest BCUT2D eigenvalue weighted by Crippen LogP contribution is 2.34. The number of rotatable bonds is 6. The molecule has 0 aliphatic carbocycles. The van der Waals surface area contributed by atoms with Crippen molar-refractivity contribution >= 4 is 51.5 Å². The van der Waals surface area contributed by atoms with Gasteiger partial charge in [-0.25, -0.2) is 8.78 Å². The fraction of sp³-hybridized carbons (Fsp3) is 0.174. The number of aromatic nitrogens is 1. The molecule has 0 unspecified atom stereocenters. The summed E-state index contributed by atoms with van der Waals surface area (Å²) < 4.78 is 28.9. The first-order valence-electron chi connectivity index (χ1n) is 9.95. The number of nitrogens with one attached hydrogen (secondary N) is 1. The molecule has 1 saturated heterocycles. The lowest BCUT2D eigenvalue weighted by Crippen LogP contribution is -2.36. The van der Waals surface area contributed by atoms with Gasteiger partial charge in [-0.05, 0) is 42.5 Å². The van der Waals surface area contributed by atoms with Crippen molar-refractivity contribution in [3.63, 3.8) is 0 Å². The van der Waals surface area contributed by atoms with E-state index in [9.17, 15) is 23.2 Å². The second-order valence-electron chi connectivity index (χ2n) is 7.24. The fourth-order valence-corrected chi connectivity index (χ4v) is 4.35. The van der Waals surface area contributed by atoms with Crippen molar-refractivity contribution in [3.8, 4) is 0 Å². The van der Waals surface area contributed by atoms with Gasteiger partial charge in [0.05, 0.1) is 10.6 Å². The van der Waals surface area contributed by atoms with Crippen LogP contribution in [0.4, 0.5) is 19.3 Å². The number of anilines is 1. The Labute approximate surface area is 186 Å². The highest BCUT2D eigenvalue weighted by Gasteiger charge is 2.36. The first kappa shape index (κ1) is 21.8. The molecule has 0 saturated carbocycles. The Morgan fingerprint density at radius 2 is 1.94 bits per heavy atom. The van der Waals surface area contributed by atoms with Crippen LogP contribution in [0.2, 0.25) is 0 Å². The van der Waals surface area contributed by atoms with Crippen LogP contribution in [-0.2, 0) is 16.1 Å². The number of amides is 3. The summed E-state index contributed by atoms with van der Waals surface area (Å²) >= 11 is 0.747. The van der Waals surface area contributed by atoms with Gasteiger partial charge in [0.25, 0.3) is 11.1 Å². The molecule has 0 spiro atoms. The number of hydrogen-bond acceptors (Lipinski definition) is 4. The van der Waals surface area contributed by atoms with Gasteiger partial charge >= 0.3 is 0 Å². The maximum absolute atomic E-state index is 13.7. The van der Waals surface area contributed by atoms with Gasteiger partial charge < -0.3 is 9.88 Å². The molecule has 0 atom stereocenters. The van der Waals surface area contributed by atoms with Crippen molar-refractivity contribution in [1.82, 2.24) is 9.47 Å². The average molecular weight is 455 g/mol. The van der Waals surface area contributed by atoms with Crippen LogP contribution in [0, 0.1) is 11.6 Å². The first-order valence-corrected chi connectivity index (χ1v) is 10.8. The number of hydrogen-bond donors (Lipinski definition) is 1. The quantitative estimate of drug-likeness (QED) is 0.531. The molecule has 164 valence electrons. The number of benzene rings is 2. The van der Waals surface area contributed by atoms with Crippen LogP contribution in [0.15, 0.2) is 53.6 Å². The van der Waals surface area contributed by atoms with Crippen molar-refractivity contribution in [2.24, 2.45) is 0 Å². The van der Waals surface area contributed by atoms with Crippen LogP contribution in [0.3, 0.4) is 0 Å². The lowest BCUT2D eigenvalue weighted by molar-refractivity contribution is -0.127. The zero-order valence-corrected chi connectivity index (χ0v) is 17.9. The summed E-state index contributed by atoms with van der Waals surface area (Å²) in [5.41, 5.74) is 1.60. The van der Waals surface area contributed by atoms with E-state index < -0.39 is 35.2 Å². The molecule has 4 rings (SSSR count). The molecule has 2 heterocycles. The van der Waals surface area contributed by atoms with Gasteiger partial charge in [0, 0.05) is 35.3 Å². The molecule has 2 aromatic carbocycles. The van der Waals surface area contributed by atoms with E-state index in [0.29, 0.717) is 6.07 Å². The Morgan fingerprint density at radius 1 is 1.16 bits per heavy atom. The van der Waals surface area contributed by atoms with Crippen LogP contribution in [0.1, 0.15) is 18.9 Å². The van der Waals surface area contributed by atoms with Gasteiger partial charge in [-0.3, -0.25) is 19.3 Å². The fourth-order valence-electron chi connectivity index (χ4n) is 3.52. The summed E-state index contributed by atoms with van der Waals surface area (Å²) in [5.74, 6) is -3.09. The van der Waals surface area contributed by atoms with Gasteiger partial charge in [0.1, 0.15) is 18.2 Å². The largest absolute Gasteiger partial charge is 0.347 e. The summed E-state index contributed by atoms with van der Waals surface area (Å²) in [4.78, 5) is 38.4. The second kappa shape index (κ2) is 8.96. The van der Waals surface area contributed by atoms with E-state index in [4.69, 9.17) is 0 Å². The summed E-state index contributed by atoms with van der Waals surface area (Å²) in [7, 11) is 0.